The van der Waals surface area contributed by atoms with Crippen LogP contribution in [0, 0.1) is 0 Å². The van der Waals surface area contributed by atoms with E-state index < -0.39 is 13.3 Å². The Morgan fingerprint density at radius 2 is 1.62 bits per heavy atom. The Labute approximate surface area is 138 Å². The summed E-state index contributed by atoms with van der Waals surface area (Å²) in [7, 11) is -0.0796. The molecule has 0 aromatic heterocycles. The average Bonchev–Trinajstić information content (AvgIpc) is 2.59. The van der Waals surface area contributed by atoms with Crippen LogP contribution in [0.3, 0.4) is 0 Å². The Balaban J connectivity index is 2.22. The van der Waals surface area contributed by atoms with Gasteiger partial charge in [0.15, 0.2) is 5.78 Å². The van der Waals surface area contributed by atoms with Gasteiger partial charge in [0.2, 0.25) is 0 Å². The highest BCUT2D eigenvalue weighted by molar-refractivity contribution is 6.35. The molecule has 0 fully saturated rings. The van der Waals surface area contributed by atoms with Crippen LogP contribution in [0.2, 0.25) is 0 Å². The Kier molecular flexibility index (Phi) is 5.95. The van der Waals surface area contributed by atoms with Gasteiger partial charge in [-0.25, -0.2) is 8.63 Å². The second-order valence-electron chi connectivity index (χ2n) is 4.71. The molecular weight excluding hydrogens is 317 g/mol. The summed E-state index contributed by atoms with van der Waals surface area (Å²) in [6.07, 6.45) is 2.88. The van der Waals surface area contributed by atoms with Crippen molar-refractivity contribution in [3.05, 3.63) is 59.7 Å². The monoisotopic (exact) mass is 332 g/mol. The van der Waals surface area contributed by atoms with Crippen LogP contribution in [-0.2, 0) is 0 Å². The molecule has 0 radical (unpaired) electrons. The van der Waals surface area contributed by atoms with Gasteiger partial charge in [-0.1, -0.05) is 18.2 Å². The number of benzene rings is 2. The highest BCUT2D eigenvalue weighted by atomic mass is 19.2. The number of ether oxygens (including phenoxy) is 2. The Morgan fingerprint density at radius 1 is 1.00 bits per heavy atom. The second kappa shape index (κ2) is 8.15. The minimum atomic E-state index is -3.03. The smallest absolute Gasteiger partial charge is 0.504 e. The van der Waals surface area contributed by atoms with Crippen molar-refractivity contribution in [3.8, 4) is 17.2 Å². The van der Waals surface area contributed by atoms with Crippen LogP contribution >= 0.6 is 0 Å². The largest absolute Gasteiger partial charge is 0.796 e. The highest BCUT2D eigenvalue weighted by Gasteiger charge is 2.22. The summed E-state index contributed by atoms with van der Waals surface area (Å²) in [5.41, 5.74) is 0.801. The average molecular weight is 332 g/mol. The molecule has 0 amide bonds. The number of halogens is 2. The van der Waals surface area contributed by atoms with Gasteiger partial charge in [0.25, 0.3) is 0 Å². The lowest BCUT2D eigenvalue weighted by Gasteiger charge is -2.09. The van der Waals surface area contributed by atoms with Crippen molar-refractivity contribution in [3.63, 3.8) is 0 Å². The maximum Gasteiger partial charge on any atom is 0.796 e. The normalized spacial score (nSPS) is 10.5. The lowest BCUT2D eigenvalue weighted by Crippen LogP contribution is -2.11. The zero-order chi connectivity index (χ0) is 17.5. The van der Waals surface area contributed by atoms with Crippen molar-refractivity contribution in [2.75, 3.05) is 14.2 Å². The molecule has 124 valence electrons. The first-order valence-electron chi connectivity index (χ1n) is 7.03. The predicted octanol–water partition coefficient (Wildman–Crippen LogP) is 3.90. The third kappa shape index (κ3) is 4.58. The number of ketones is 1. The van der Waals surface area contributed by atoms with Gasteiger partial charge < -0.3 is 14.1 Å². The van der Waals surface area contributed by atoms with Crippen LogP contribution in [0.4, 0.5) is 8.63 Å². The number of hydrogen-bond acceptors (Lipinski definition) is 4. The third-order valence-electron chi connectivity index (χ3n) is 3.21. The SMILES string of the molecule is COc1ccc(C=CC(=O)c2ccc(OC)cc2OB(F)F)cc1. The molecule has 7 heteroatoms. The fourth-order valence-electron chi connectivity index (χ4n) is 2.00. The number of methoxy groups -OCH3 is 2. The lowest BCUT2D eigenvalue weighted by molar-refractivity contribution is 0.104. The molecule has 2 rings (SSSR count). The summed E-state index contributed by atoms with van der Waals surface area (Å²) < 4.78 is 39.4. The van der Waals surface area contributed by atoms with Gasteiger partial charge in [0.05, 0.1) is 19.8 Å². The molecule has 2 aromatic carbocycles. The predicted molar refractivity (Wildman–Crippen MR) is 88.0 cm³/mol. The quantitative estimate of drug-likeness (QED) is 0.438. The Bertz CT molecular complexity index is 730. The third-order valence-corrected chi connectivity index (χ3v) is 3.21. The molecule has 0 heterocycles. The first-order chi connectivity index (χ1) is 11.5. The molecular formula is C17H15BF2O4. The van der Waals surface area contributed by atoms with Gasteiger partial charge >= 0.3 is 7.47 Å². The molecule has 0 aliphatic heterocycles. The molecule has 24 heavy (non-hydrogen) atoms. The van der Waals surface area contributed by atoms with Crippen LogP contribution in [0.1, 0.15) is 15.9 Å². The van der Waals surface area contributed by atoms with E-state index in [0.29, 0.717) is 11.5 Å². The van der Waals surface area contributed by atoms with Crippen LogP contribution in [0.25, 0.3) is 6.08 Å². The van der Waals surface area contributed by atoms with Crippen LogP contribution in [0.5, 0.6) is 17.2 Å². The second-order valence-corrected chi connectivity index (χ2v) is 4.71. The molecule has 0 spiro atoms. The summed E-state index contributed by atoms with van der Waals surface area (Å²) >= 11 is 0. The number of carbonyl (C=O) groups excluding carboxylic acids is 1. The molecule has 2 aromatic rings. The van der Waals surface area contributed by atoms with E-state index in [2.05, 4.69) is 4.65 Å². The minimum absolute atomic E-state index is 0.0286. The summed E-state index contributed by atoms with van der Waals surface area (Å²) in [6, 6.07) is 11.2. The van der Waals surface area contributed by atoms with Gasteiger partial charge in [-0.15, -0.1) is 0 Å². The maximum atomic E-state index is 12.5. The van der Waals surface area contributed by atoms with Crippen molar-refractivity contribution in [1.29, 1.82) is 0 Å². The van der Waals surface area contributed by atoms with E-state index in [9.17, 15) is 13.4 Å². The zero-order valence-corrected chi connectivity index (χ0v) is 13.2. The lowest BCUT2D eigenvalue weighted by atomic mass is 10.1. The van der Waals surface area contributed by atoms with Crippen molar-refractivity contribution in [1.82, 2.24) is 0 Å². The summed E-state index contributed by atoms with van der Waals surface area (Å²) in [6.45, 7) is 0. The zero-order valence-electron chi connectivity index (χ0n) is 13.2. The van der Waals surface area contributed by atoms with Gasteiger partial charge in [-0.2, -0.15) is 0 Å². The van der Waals surface area contributed by atoms with E-state index >= 15 is 0 Å². The van der Waals surface area contributed by atoms with Crippen molar-refractivity contribution in [2.24, 2.45) is 0 Å². The fraction of sp³-hybridized carbons (Fsp3) is 0.118. The molecule has 0 saturated carbocycles. The maximum absolute atomic E-state index is 12.5. The summed E-state index contributed by atoms with van der Waals surface area (Å²) in [4.78, 5) is 12.3. The molecule has 0 unspecified atom stereocenters. The summed E-state index contributed by atoms with van der Waals surface area (Å²) in [5, 5.41) is 0. The Hall–Kier alpha value is -2.83. The van der Waals surface area contributed by atoms with E-state index in [4.69, 9.17) is 9.47 Å². The van der Waals surface area contributed by atoms with Gasteiger partial charge in [0, 0.05) is 6.07 Å². The van der Waals surface area contributed by atoms with Crippen LogP contribution < -0.4 is 14.1 Å². The van der Waals surface area contributed by atoms with E-state index in [1.165, 1.54) is 31.4 Å². The van der Waals surface area contributed by atoms with E-state index in [1.807, 2.05) is 0 Å². The molecule has 0 aliphatic rings. The number of hydrogen-bond donors (Lipinski definition) is 0. The standard InChI is InChI=1S/C17H15BF2O4/c1-22-13-6-3-12(4-7-13)5-10-16(21)15-9-8-14(23-2)11-17(15)24-18(19)20/h3-11H,1-2H3. The number of rotatable bonds is 7. The van der Waals surface area contributed by atoms with E-state index in [0.717, 1.165) is 5.56 Å². The first kappa shape index (κ1) is 17.5. The van der Waals surface area contributed by atoms with Crippen LogP contribution in [-0.4, -0.2) is 27.5 Å². The van der Waals surface area contributed by atoms with Crippen LogP contribution in [0.15, 0.2) is 48.5 Å². The highest BCUT2D eigenvalue weighted by Crippen LogP contribution is 2.26. The van der Waals surface area contributed by atoms with Gasteiger partial charge in [0.1, 0.15) is 17.2 Å². The molecule has 0 bridgehead atoms. The van der Waals surface area contributed by atoms with E-state index in [-0.39, 0.29) is 11.3 Å². The topological polar surface area (TPSA) is 44.8 Å². The minimum Gasteiger partial charge on any atom is -0.504 e. The fourth-order valence-corrected chi connectivity index (χ4v) is 2.00. The van der Waals surface area contributed by atoms with Crippen molar-refractivity contribution < 1.29 is 27.6 Å². The van der Waals surface area contributed by atoms with Gasteiger partial charge in [-0.05, 0) is 35.9 Å². The van der Waals surface area contributed by atoms with Crippen molar-refractivity contribution in [2.45, 2.75) is 0 Å². The van der Waals surface area contributed by atoms with Gasteiger partial charge in [-0.3, -0.25) is 4.79 Å². The molecule has 0 aliphatic carbocycles. The molecule has 0 atom stereocenters. The molecule has 0 saturated heterocycles. The Morgan fingerprint density at radius 3 is 2.21 bits per heavy atom. The van der Waals surface area contributed by atoms with E-state index in [1.54, 1.807) is 37.5 Å². The first-order valence-corrected chi connectivity index (χ1v) is 7.03. The number of allylic oxidation sites excluding steroid dienone is 1. The molecule has 0 N–H and O–H groups in total. The number of carbonyl (C=O) groups is 1. The molecule has 4 nitrogen and oxygen atoms in total. The van der Waals surface area contributed by atoms with Crippen molar-refractivity contribution >= 4 is 19.3 Å². The summed E-state index contributed by atoms with van der Waals surface area (Å²) in [5.74, 6) is 0.334.